The minimum absolute atomic E-state index is 0.0419. The summed E-state index contributed by atoms with van der Waals surface area (Å²) in [5.74, 6) is 0.397. The van der Waals surface area contributed by atoms with Gasteiger partial charge in [-0.1, -0.05) is 0 Å². The second-order valence-corrected chi connectivity index (χ2v) is 9.48. The van der Waals surface area contributed by atoms with Crippen LogP contribution < -0.4 is 20.9 Å². The lowest BCUT2D eigenvalue weighted by atomic mass is 10.1. The molecule has 1 unspecified atom stereocenters. The van der Waals surface area contributed by atoms with Crippen molar-refractivity contribution in [2.45, 2.75) is 52.5 Å². The van der Waals surface area contributed by atoms with Crippen LogP contribution in [0.4, 0.5) is 16.2 Å². The third-order valence-electron chi connectivity index (χ3n) is 5.73. The van der Waals surface area contributed by atoms with Gasteiger partial charge in [-0.05, 0) is 59.0 Å². The highest BCUT2D eigenvalue weighted by Crippen LogP contribution is 2.46. The van der Waals surface area contributed by atoms with E-state index in [4.69, 9.17) is 4.74 Å². The molecule has 4 heterocycles. The monoisotopic (exact) mass is 470 g/mol. The van der Waals surface area contributed by atoms with E-state index in [1.807, 2.05) is 33.8 Å². The fourth-order valence-electron chi connectivity index (χ4n) is 4.05. The molecule has 176 valence electrons. The molecule has 2 atom stereocenters. The van der Waals surface area contributed by atoms with Crippen LogP contribution in [0.3, 0.4) is 0 Å². The average Bonchev–Trinajstić information content (AvgIpc) is 3.41. The van der Waals surface area contributed by atoms with Gasteiger partial charge < -0.3 is 20.5 Å². The van der Waals surface area contributed by atoms with Crippen LogP contribution in [0.2, 0.25) is 0 Å². The van der Waals surface area contributed by atoms with Crippen molar-refractivity contribution >= 4 is 45.7 Å². The molecule has 9 nitrogen and oxygen atoms in total. The number of aliphatic hydroxyl groups is 1. The van der Waals surface area contributed by atoms with E-state index in [9.17, 15) is 9.90 Å². The molecule has 1 fully saturated rings. The number of thiophene rings is 1. The van der Waals surface area contributed by atoms with Gasteiger partial charge in [0.15, 0.2) is 0 Å². The summed E-state index contributed by atoms with van der Waals surface area (Å²) in [7, 11) is 0. The molecule has 2 aromatic heterocycles. The van der Waals surface area contributed by atoms with Crippen LogP contribution >= 0.6 is 11.3 Å². The number of pyridine rings is 1. The lowest BCUT2D eigenvalue weighted by Crippen LogP contribution is -2.38. The Kier molecular flexibility index (Phi) is 6.80. The van der Waals surface area contributed by atoms with Crippen molar-refractivity contribution in [3.8, 4) is 0 Å². The quantitative estimate of drug-likeness (QED) is 0.202. The molecule has 10 heteroatoms. The molecule has 0 bridgehead atoms. The number of aromatic nitrogens is 1. The highest BCUT2D eigenvalue weighted by molar-refractivity contribution is 7.19. The smallest absolute Gasteiger partial charge is 0.330 e. The lowest BCUT2D eigenvalue weighted by Gasteiger charge is -2.30. The fraction of sp³-hybridized carbons (Fsp3) is 0.435. The first-order valence-electron chi connectivity index (χ1n) is 11.0. The van der Waals surface area contributed by atoms with Crippen LogP contribution in [0.25, 0.3) is 10.2 Å². The number of carbonyl (C=O) groups is 1. The van der Waals surface area contributed by atoms with Gasteiger partial charge in [0.05, 0.1) is 27.7 Å². The van der Waals surface area contributed by atoms with Gasteiger partial charge in [-0.25, -0.2) is 14.8 Å². The Labute approximate surface area is 197 Å². The predicted molar refractivity (Wildman–Crippen MR) is 133 cm³/mol. The standard InChI is InChI=1S/C23H30N6O3S/c1-12(2)32-17(24-5)10-13(3)14(4)29-16-7-9-26-22-18(16)19(28-23(29)31)20(33-22)21(30)27-15-6-8-25-11-15/h7,9-10,12,15,21,25,27,30H,5-6,8,11H2,1-4H3,(H,28,31)/b14-13+,17-10+/t15-,21?/m1/s1. The second-order valence-electron chi connectivity index (χ2n) is 8.45. The van der Waals surface area contributed by atoms with E-state index in [2.05, 4.69) is 32.6 Å². The van der Waals surface area contributed by atoms with Crippen molar-refractivity contribution in [2.75, 3.05) is 23.3 Å². The zero-order valence-electron chi connectivity index (χ0n) is 19.3. The molecule has 33 heavy (non-hydrogen) atoms. The number of nitrogens with one attached hydrogen (secondary N) is 3. The number of amides is 2. The summed E-state index contributed by atoms with van der Waals surface area (Å²) in [6.45, 7) is 12.9. The number of hydrogen-bond donors (Lipinski definition) is 4. The first-order chi connectivity index (χ1) is 15.8. The third-order valence-corrected chi connectivity index (χ3v) is 6.88. The van der Waals surface area contributed by atoms with Gasteiger partial charge in [0.2, 0.25) is 5.88 Å². The van der Waals surface area contributed by atoms with E-state index in [0.717, 1.165) is 46.7 Å². The van der Waals surface area contributed by atoms with Gasteiger partial charge in [0, 0.05) is 30.6 Å². The van der Waals surface area contributed by atoms with Gasteiger partial charge >= 0.3 is 6.03 Å². The van der Waals surface area contributed by atoms with Gasteiger partial charge in [-0.15, -0.1) is 11.3 Å². The number of rotatable bonds is 8. The molecule has 0 aliphatic carbocycles. The maximum absolute atomic E-state index is 13.3. The Balaban J connectivity index is 1.73. The van der Waals surface area contributed by atoms with Crippen LogP contribution in [0.5, 0.6) is 0 Å². The number of allylic oxidation sites excluding steroid dienone is 3. The van der Waals surface area contributed by atoms with Crippen LogP contribution in [0.1, 0.15) is 45.2 Å². The molecule has 0 spiro atoms. The Bertz CT molecular complexity index is 1130. The van der Waals surface area contributed by atoms with Gasteiger partial charge in [-0.3, -0.25) is 10.2 Å². The number of nitrogens with zero attached hydrogens (tertiary/aromatic N) is 3. The van der Waals surface area contributed by atoms with Crippen molar-refractivity contribution in [3.63, 3.8) is 0 Å². The fourth-order valence-corrected chi connectivity index (χ4v) is 5.12. The summed E-state index contributed by atoms with van der Waals surface area (Å²) in [6.07, 6.45) is 3.47. The Hall–Kier alpha value is -2.79. The van der Waals surface area contributed by atoms with Crippen LogP contribution in [-0.2, 0) is 4.74 Å². The van der Waals surface area contributed by atoms with Crippen molar-refractivity contribution < 1.29 is 14.6 Å². The molecule has 2 aliphatic rings. The average molecular weight is 471 g/mol. The molecule has 0 aromatic carbocycles. The normalized spacial score (nSPS) is 20.2. The first-order valence-corrected chi connectivity index (χ1v) is 11.8. The number of urea groups is 1. The Morgan fingerprint density at radius 1 is 1.48 bits per heavy atom. The number of carbonyl (C=O) groups excluding carboxylic acids is 1. The molecule has 0 saturated carbocycles. The molecule has 2 aliphatic heterocycles. The largest absolute Gasteiger partial charge is 0.475 e. The number of hydrogen-bond acceptors (Lipinski definition) is 8. The predicted octanol–water partition coefficient (Wildman–Crippen LogP) is 3.85. The Morgan fingerprint density at radius 3 is 2.94 bits per heavy atom. The summed E-state index contributed by atoms with van der Waals surface area (Å²) < 4.78 is 5.66. The SMILES string of the molecule is C=N/C(=C\C(C)=C(/C)N1C(=O)Nc2c(C(O)N[C@@H]3CCNC3)sc3nccc1c23)OC(C)C. The number of ether oxygens (including phenoxy) is 1. The van der Waals surface area contributed by atoms with Gasteiger partial charge in [0.25, 0.3) is 0 Å². The minimum atomic E-state index is -0.889. The molecular weight excluding hydrogens is 440 g/mol. The molecule has 4 rings (SSSR count). The molecule has 1 saturated heterocycles. The van der Waals surface area contributed by atoms with E-state index in [0.29, 0.717) is 16.4 Å². The highest BCUT2D eigenvalue weighted by atomic mass is 32.1. The summed E-state index contributed by atoms with van der Waals surface area (Å²) in [4.78, 5) is 24.7. The van der Waals surface area contributed by atoms with E-state index >= 15 is 0 Å². The van der Waals surface area contributed by atoms with Crippen LogP contribution in [-0.4, -0.2) is 48.1 Å². The van der Waals surface area contributed by atoms with E-state index in [1.54, 1.807) is 17.2 Å². The first kappa shape index (κ1) is 23.4. The molecule has 4 N–H and O–H groups in total. The summed E-state index contributed by atoms with van der Waals surface area (Å²) >= 11 is 1.38. The number of aliphatic imine (C=N–C) groups is 1. The highest BCUT2D eigenvalue weighted by Gasteiger charge is 2.33. The van der Waals surface area contributed by atoms with E-state index in [-0.39, 0.29) is 18.2 Å². The molecular formula is C23H30N6O3S. The zero-order chi connectivity index (χ0) is 23.7. The van der Waals surface area contributed by atoms with E-state index in [1.165, 1.54) is 11.3 Å². The Morgan fingerprint density at radius 2 is 2.27 bits per heavy atom. The second kappa shape index (κ2) is 9.60. The zero-order valence-corrected chi connectivity index (χ0v) is 20.1. The topological polar surface area (TPSA) is 111 Å². The molecule has 2 amide bonds. The number of aliphatic hydroxyl groups excluding tert-OH is 1. The summed E-state index contributed by atoms with van der Waals surface area (Å²) in [5.41, 5.74) is 2.87. The van der Waals surface area contributed by atoms with E-state index < -0.39 is 6.23 Å². The van der Waals surface area contributed by atoms with Crippen molar-refractivity contribution in [1.29, 1.82) is 0 Å². The summed E-state index contributed by atoms with van der Waals surface area (Å²) in [5, 5.41) is 21.2. The molecule has 2 aromatic rings. The van der Waals surface area contributed by atoms with Crippen molar-refractivity contribution in [3.05, 3.63) is 40.4 Å². The van der Waals surface area contributed by atoms with Crippen LogP contribution in [0.15, 0.2) is 40.5 Å². The minimum Gasteiger partial charge on any atom is -0.475 e. The number of anilines is 2. The lowest BCUT2D eigenvalue weighted by molar-refractivity contribution is 0.130. The van der Waals surface area contributed by atoms with Crippen LogP contribution in [0, 0.1) is 0 Å². The third kappa shape index (κ3) is 4.65. The molecule has 0 radical (unpaired) electrons. The maximum atomic E-state index is 13.3. The van der Waals surface area contributed by atoms with Crippen molar-refractivity contribution in [2.24, 2.45) is 4.99 Å². The van der Waals surface area contributed by atoms with Gasteiger partial charge in [0.1, 0.15) is 11.1 Å². The van der Waals surface area contributed by atoms with Gasteiger partial charge in [-0.2, -0.15) is 0 Å². The maximum Gasteiger partial charge on any atom is 0.330 e. The summed E-state index contributed by atoms with van der Waals surface area (Å²) in [6, 6.07) is 1.70. The van der Waals surface area contributed by atoms with Crippen molar-refractivity contribution in [1.82, 2.24) is 15.6 Å².